The van der Waals surface area contributed by atoms with Gasteiger partial charge in [-0.1, -0.05) is 12.1 Å². The van der Waals surface area contributed by atoms with Crippen LogP contribution in [0.2, 0.25) is 0 Å². The van der Waals surface area contributed by atoms with E-state index in [0.717, 1.165) is 12.1 Å². The van der Waals surface area contributed by atoms with Crippen LogP contribution in [0.4, 0.5) is 26.3 Å². The Bertz CT molecular complexity index is 420. The first kappa shape index (κ1) is 13.3. The molecule has 0 heterocycles. The molecule has 2 nitrogen and oxygen atoms in total. The highest BCUT2D eigenvalue weighted by Crippen LogP contribution is 2.33. The fourth-order valence-electron chi connectivity index (χ4n) is 1.07. The van der Waals surface area contributed by atoms with E-state index in [1.165, 1.54) is 0 Å². The summed E-state index contributed by atoms with van der Waals surface area (Å²) < 4.78 is 75.1. The minimum Gasteiger partial charge on any atom is -0.369 e. The highest BCUT2D eigenvalue weighted by atomic mass is 19.4. The summed E-state index contributed by atoms with van der Waals surface area (Å²) in [4.78, 5) is 10.9. The molecule has 0 aliphatic heterocycles. The molecule has 0 aliphatic rings. The predicted octanol–water partition coefficient (Wildman–Crippen LogP) is 3.38. The topological polar surface area (TPSA) is 26.3 Å². The van der Waals surface area contributed by atoms with E-state index < -0.39 is 29.6 Å². The van der Waals surface area contributed by atoms with Crippen molar-refractivity contribution in [1.29, 1.82) is 0 Å². The zero-order chi connectivity index (χ0) is 13.3. The predicted molar refractivity (Wildman–Crippen MR) is 42.9 cm³/mol. The van der Waals surface area contributed by atoms with Gasteiger partial charge in [0, 0.05) is 0 Å². The van der Waals surface area contributed by atoms with Gasteiger partial charge in [-0.15, -0.1) is 13.2 Å². The summed E-state index contributed by atoms with van der Waals surface area (Å²) >= 11 is 0. The summed E-state index contributed by atoms with van der Waals surface area (Å²) in [5, 5.41) is 0. The lowest BCUT2D eigenvalue weighted by molar-refractivity contribution is -0.292. The first-order valence-electron chi connectivity index (χ1n) is 4.07. The van der Waals surface area contributed by atoms with Gasteiger partial charge in [0.05, 0.1) is 11.1 Å². The Kier molecular flexibility index (Phi) is 3.35. The van der Waals surface area contributed by atoms with Gasteiger partial charge in [0.25, 0.3) is 0 Å². The highest BCUT2D eigenvalue weighted by molar-refractivity contribution is 5.91. The van der Waals surface area contributed by atoms with Crippen LogP contribution in [0.15, 0.2) is 24.3 Å². The van der Waals surface area contributed by atoms with Gasteiger partial charge in [0.2, 0.25) is 0 Å². The molecular weight excluding hydrogens is 254 g/mol. The molecule has 0 N–H and O–H groups in total. The molecule has 0 radical (unpaired) electrons. The molecule has 94 valence electrons. The Morgan fingerprint density at radius 2 is 1.53 bits per heavy atom. The fraction of sp³-hybridized carbons (Fsp3) is 0.222. The van der Waals surface area contributed by atoms with Gasteiger partial charge in [-0.3, -0.25) is 0 Å². The van der Waals surface area contributed by atoms with Crippen LogP contribution >= 0.6 is 0 Å². The molecule has 17 heavy (non-hydrogen) atoms. The van der Waals surface area contributed by atoms with Crippen LogP contribution in [0.5, 0.6) is 0 Å². The van der Waals surface area contributed by atoms with Crippen molar-refractivity contribution in [3.05, 3.63) is 35.4 Å². The standard InChI is InChI=1S/C9H4F6O2/c10-8(11,12)6-4-2-1-3-5(6)7(16)17-9(13,14)15/h1-4H. The second kappa shape index (κ2) is 4.27. The number of alkyl halides is 6. The minimum atomic E-state index is -5.32. The van der Waals surface area contributed by atoms with E-state index in [0.29, 0.717) is 12.1 Å². The highest BCUT2D eigenvalue weighted by Gasteiger charge is 2.39. The third-order valence-corrected chi connectivity index (χ3v) is 1.66. The molecule has 1 aromatic carbocycles. The first-order chi connectivity index (χ1) is 7.61. The van der Waals surface area contributed by atoms with E-state index >= 15 is 0 Å². The van der Waals surface area contributed by atoms with Crippen molar-refractivity contribution in [2.24, 2.45) is 0 Å². The van der Waals surface area contributed by atoms with Crippen molar-refractivity contribution in [2.45, 2.75) is 12.5 Å². The van der Waals surface area contributed by atoms with Crippen molar-refractivity contribution in [2.75, 3.05) is 0 Å². The van der Waals surface area contributed by atoms with Gasteiger partial charge in [-0.25, -0.2) is 4.79 Å². The van der Waals surface area contributed by atoms with Crippen molar-refractivity contribution < 1.29 is 35.9 Å². The van der Waals surface area contributed by atoms with Gasteiger partial charge in [-0.2, -0.15) is 13.2 Å². The number of carbonyl (C=O) groups excluding carboxylic acids is 1. The third-order valence-electron chi connectivity index (χ3n) is 1.66. The molecule has 0 atom stereocenters. The molecule has 0 unspecified atom stereocenters. The number of halogens is 6. The lowest BCUT2D eigenvalue weighted by Crippen LogP contribution is -2.22. The smallest absolute Gasteiger partial charge is 0.369 e. The Labute approximate surface area is 90.8 Å². The van der Waals surface area contributed by atoms with Crippen LogP contribution in [0.25, 0.3) is 0 Å². The minimum absolute atomic E-state index is 0.493. The summed E-state index contributed by atoms with van der Waals surface area (Å²) in [7, 11) is 0. The zero-order valence-corrected chi connectivity index (χ0v) is 7.89. The largest absolute Gasteiger partial charge is 0.575 e. The molecule has 0 aliphatic carbocycles. The quantitative estimate of drug-likeness (QED) is 0.570. The molecule has 0 bridgehead atoms. The SMILES string of the molecule is O=C(OC(F)(F)F)c1ccccc1C(F)(F)F. The lowest BCUT2D eigenvalue weighted by Gasteiger charge is -2.12. The molecule has 0 saturated heterocycles. The van der Waals surface area contributed by atoms with Crippen LogP contribution < -0.4 is 0 Å². The molecule has 0 amide bonds. The van der Waals surface area contributed by atoms with Crippen molar-refractivity contribution in [1.82, 2.24) is 0 Å². The number of rotatable bonds is 1. The fourth-order valence-corrected chi connectivity index (χ4v) is 1.07. The van der Waals surface area contributed by atoms with Crippen molar-refractivity contribution in [3.8, 4) is 0 Å². The number of hydrogen-bond donors (Lipinski definition) is 0. The molecular formula is C9H4F6O2. The number of ether oxygens (including phenoxy) is 1. The molecule has 0 aromatic heterocycles. The maximum atomic E-state index is 12.4. The number of benzene rings is 1. The van der Waals surface area contributed by atoms with Crippen LogP contribution in [0.3, 0.4) is 0 Å². The van der Waals surface area contributed by atoms with Crippen LogP contribution in [0, 0.1) is 0 Å². The van der Waals surface area contributed by atoms with Gasteiger partial charge < -0.3 is 4.74 Å². The average molecular weight is 258 g/mol. The van der Waals surface area contributed by atoms with E-state index in [9.17, 15) is 31.1 Å². The van der Waals surface area contributed by atoms with Crippen LogP contribution in [-0.4, -0.2) is 12.3 Å². The van der Waals surface area contributed by atoms with Crippen molar-refractivity contribution >= 4 is 5.97 Å². The second-order valence-electron chi connectivity index (χ2n) is 2.88. The first-order valence-corrected chi connectivity index (χ1v) is 4.07. The number of hydrogen-bond acceptors (Lipinski definition) is 2. The maximum absolute atomic E-state index is 12.4. The summed E-state index contributed by atoms with van der Waals surface area (Å²) in [6.07, 6.45) is -10.3. The third kappa shape index (κ3) is 3.65. The van der Waals surface area contributed by atoms with Gasteiger partial charge >= 0.3 is 18.5 Å². The molecule has 8 heteroatoms. The molecule has 0 saturated carbocycles. The average Bonchev–Trinajstić information content (AvgIpc) is 2.13. The van der Waals surface area contributed by atoms with Crippen LogP contribution in [0.1, 0.15) is 15.9 Å². The summed E-state index contributed by atoms with van der Waals surface area (Å²) in [5.41, 5.74) is -2.66. The Balaban J connectivity index is 3.11. The van der Waals surface area contributed by atoms with Crippen LogP contribution in [-0.2, 0) is 10.9 Å². The normalized spacial score (nSPS) is 12.4. The molecule has 1 rings (SSSR count). The van der Waals surface area contributed by atoms with Crippen molar-refractivity contribution in [3.63, 3.8) is 0 Å². The Morgan fingerprint density at radius 3 is 2.00 bits per heavy atom. The van der Waals surface area contributed by atoms with Gasteiger partial charge in [0.1, 0.15) is 0 Å². The van der Waals surface area contributed by atoms with E-state index in [4.69, 9.17) is 0 Å². The second-order valence-corrected chi connectivity index (χ2v) is 2.88. The molecule has 1 aromatic rings. The zero-order valence-electron chi connectivity index (χ0n) is 7.89. The van der Waals surface area contributed by atoms with E-state index in [1.807, 2.05) is 0 Å². The Hall–Kier alpha value is -1.73. The summed E-state index contributed by atoms with van der Waals surface area (Å²) in [6.45, 7) is 0. The Morgan fingerprint density at radius 1 is 1.00 bits per heavy atom. The number of carbonyl (C=O) groups is 1. The lowest BCUT2D eigenvalue weighted by atomic mass is 10.1. The van der Waals surface area contributed by atoms with Gasteiger partial charge in [-0.05, 0) is 12.1 Å². The summed E-state index contributed by atoms with van der Waals surface area (Å²) in [6, 6.07) is 3.05. The monoisotopic (exact) mass is 258 g/mol. The van der Waals surface area contributed by atoms with E-state index in [1.54, 1.807) is 0 Å². The molecule has 0 fully saturated rings. The maximum Gasteiger partial charge on any atom is 0.575 e. The van der Waals surface area contributed by atoms with Gasteiger partial charge in [0.15, 0.2) is 0 Å². The summed E-state index contributed by atoms with van der Waals surface area (Å²) in [5.74, 6) is -2.09. The van der Waals surface area contributed by atoms with E-state index in [-0.39, 0.29) is 0 Å². The van der Waals surface area contributed by atoms with E-state index in [2.05, 4.69) is 4.74 Å². The number of esters is 1. The molecule has 0 spiro atoms.